The van der Waals surface area contributed by atoms with Crippen LogP contribution in [0.2, 0.25) is 0 Å². The first-order valence-electron chi connectivity index (χ1n) is 7.54. The van der Waals surface area contributed by atoms with E-state index < -0.39 is 0 Å². The molecule has 1 aromatic carbocycles. The molecule has 1 N–H and O–H groups in total. The average molecular weight is 266 g/mol. The molecule has 0 amide bonds. The van der Waals surface area contributed by atoms with E-state index in [0.717, 1.165) is 6.54 Å². The molecule has 0 atom stereocenters. The van der Waals surface area contributed by atoms with Gasteiger partial charge in [-0.3, -0.25) is 4.90 Å². The van der Waals surface area contributed by atoms with Crippen molar-refractivity contribution in [2.24, 2.45) is 0 Å². The van der Waals surface area contributed by atoms with Crippen molar-refractivity contribution in [1.82, 2.24) is 9.88 Å². The predicted octanol–water partition coefficient (Wildman–Crippen LogP) is 3.83. The summed E-state index contributed by atoms with van der Waals surface area (Å²) in [6, 6.07) is 4.43. The molecule has 0 saturated carbocycles. The van der Waals surface area contributed by atoms with Crippen molar-refractivity contribution < 1.29 is 0 Å². The summed E-state index contributed by atoms with van der Waals surface area (Å²) in [6.07, 6.45) is 6.08. The van der Waals surface area contributed by atoms with Crippen molar-refractivity contribution in [3.63, 3.8) is 0 Å². The highest BCUT2D eigenvalue weighted by atomic mass is 15.1. The largest absolute Gasteiger partial charge is 0.361 e. The lowest BCUT2D eigenvalue weighted by Gasteiger charge is -2.27. The molecular weight excluding hydrogens is 244 g/mol. The Morgan fingerprint density at radius 2 is 2.05 bits per heavy atom. The summed E-state index contributed by atoms with van der Waals surface area (Å²) in [5.41, 5.74) is 5.13. The van der Waals surface area contributed by atoms with Gasteiger partial charge in [-0.1, -0.05) is 12.3 Å². The number of likely N-dealkylation sites (tertiary alicyclic amines) is 1. The Balaban J connectivity index is 2.05. The minimum atomic E-state index is 1.03. The number of aryl methyl sites for hydroxylation is 1. The van der Waals surface area contributed by atoms with Crippen LogP contribution in [-0.4, -0.2) is 23.0 Å². The summed E-state index contributed by atoms with van der Waals surface area (Å²) in [5, 5.41) is 1.34. The van der Waals surface area contributed by atoms with Crippen LogP contribution in [0, 0.1) is 18.8 Å². The van der Waals surface area contributed by atoms with Crippen LogP contribution in [0.5, 0.6) is 0 Å². The lowest BCUT2D eigenvalue weighted by Crippen LogP contribution is -2.29. The van der Waals surface area contributed by atoms with Crippen molar-refractivity contribution >= 4 is 10.9 Å². The quantitative estimate of drug-likeness (QED) is 0.818. The number of hydrogen-bond acceptors (Lipinski definition) is 1. The lowest BCUT2D eigenvalue weighted by atomic mass is 9.98. The standard InChI is InChI=1S/C18H22N2/c1-3-7-15-12-14(2)18-16(8-9-19-18)17(15)13-20-10-5-4-6-11-20/h8-9,12,19H,4-6,10-11,13H2,1-2H3. The molecular formula is C18H22N2. The highest BCUT2D eigenvalue weighted by molar-refractivity contribution is 5.88. The average Bonchev–Trinajstić information content (AvgIpc) is 2.94. The second kappa shape index (κ2) is 5.73. The van der Waals surface area contributed by atoms with E-state index >= 15 is 0 Å². The number of hydrogen-bond donors (Lipinski definition) is 1. The number of nitrogens with one attached hydrogen (secondary N) is 1. The Bertz CT molecular complexity index is 664. The van der Waals surface area contributed by atoms with Crippen molar-refractivity contribution in [1.29, 1.82) is 0 Å². The van der Waals surface area contributed by atoms with Crippen molar-refractivity contribution in [2.45, 2.75) is 39.7 Å². The highest BCUT2D eigenvalue weighted by Crippen LogP contribution is 2.27. The third kappa shape index (κ3) is 2.46. The molecule has 2 nitrogen and oxygen atoms in total. The summed E-state index contributed by atoms with van der Waals surface area (Å²) < 4.78 is 0. The number of rotatable bonds is 2. The molecule has 0 unspecified atom stereocenters. The monoisotopic (exact) mass is 266 g/mol. The minimum Gasteiger partial charge on any atom is -0.361 e. The first-order chi connectivity index (χ1) is 9.79. The van der Waals surface area contributed by atoms with Gasteiger partial charge in [-0.05, 0) is 63.0 Å². The molecule has 1 saturated heterocycles. The Labute approximate surface area is 121 Å². The molecule has 0 aliphatic carbocycles. The van der Waals surface area contributed by atoms with Crippen LogP contribution in [0.25, 0.3) is 10.9 Å². The van der Waals surface area contributed by atoms with Gasteiger partial charge in [0.05, 0.1) is 0 Å². The van der Waals surface area contributed by atoms with E-state index in [1.54, 1.807) is 0 Å². The normalized spacial score (nSPS) is 16.1. The summed E-state index contributed by atoms with van der Waals surface area (Å²) in [7, 11) is 0. The van der Waals surface area contributed by atoms with Crippen LogP contribution in [0.1, 0.15) is 42.9 Å². The third-order valence-electron chi connectivity index (χ3n) is 4.24. The van der Waals surface area contributed by atoms with Gasteiger partial charge in [0.15, 0.2) is 0 Å². The molecule has 1 aliphatic heterocycles. The van der Waals surface area contributed by atoms with Gasteiger partial charge in [0.25, 0.3) is 0 Å². The summed E-state index contributed by atoms with van der Waals surface area (Å²) >= 11 is 0. The van der Waals surface area contributed by atoms with E-state index in [-0.39, 0.29) is 0 Å². The van der Waals surface area contributed by atoms with Gasteiger partial charge in [-0.2, -0.15) is 0 Å². The van der Waals surface area contributed by atoms with E-state index in [1.807, 2.05) is 13.1 Å². The molecule has 1 aromatic heterocycles. The van der Waals surface area contributed by atoms with Crippen molar-refractivity contribution in [2.75, 3.05) is 13.1 Å². The van der Waals surface area contributed by atoms with E-state index in [9.17, 15) is 0 Å². The van der Waals surface area contributed by atoms with Crippen LogP contribution in [0.3, 0.4) is 0 Å². The van der Waals surface area contributed by atoms with Gasteiger partial charge in [0.2, 0.25) is 0 Å². The zero-order valence-electron chi connectivity index (χ0n) is 12.4. The third-order valence-corrected chi connectivity index (χ3v) is 4.24. The Morgan fingerprint density at radius 1 is 1.25 bits per heavy atom. The maximum Gasteiger partial charge on any atom is 0.0487 e. The minimum absolute atomic E-state index is 1.03. The first kappa shape index (κ1) is 13.3. The van der Waals surface area contributed by atoms with Crippen LogP contribution < -0.4 is 0 Å². The summed E-state index contributed by atoms with van der Waals surface area (Å²) in [6.45, 7) is 7.54. The van der Waals surface area contributed by atoms with Crippen molar-refractivity contribution in [3.8, 4) is 11.8 Å². The zero-order chi connectivity index (χ0) is 13.9. The number of aromatic amines is 1. The van der Waals surface area contributed by atoms with Gasteiger partial charge in [0, 0.05) is 29.2 Å². The van der Waals surface area contributed by atoms with Crippen LogP contribution in [-0.2, 0) is 6.54 Å². The first-order valence-corrected chi connectivity index (χ1v) is 7.54. The number of piperidine rings is 1. The SMILES string of the molecule is CC#Cc1cc(C)c2[nH]ccc2c1CN1CCCCC1. The smallest absolute Gasteiger partial charge is 0.0487 e. The van der Waals surface area contributed by atoms with Crippen LogP contribution in [0.4, 0.5) is 0 Å². The molecule has 2 heterocycles. The van der Waals surface area contributed by atoms with Gasteiger partial charge in [-0.15, -0.1) is 5.92 Å². The van der Waals surface area contributed by atoms with E-state index in [0.29, 0.717) is 0 Å². The topological polar surface area (TPSA) is 19.0 Å². The van der Waals surface area contributed by atoms with E-state index in [1.165, 1.54) is 59.9 Å². The Morgan fingerprint density at radius 3 is 2.80 bits per heavy atom. The molecule has 20 heavy (non-hydrogen) atoms. The van der Waals surface area contributed by atoms with Gasteiger partial charge in [0.1, 0.15) is 0 Å². The molecule has 104 valence electrons. The molecule has 2 aromatic rings. The molecule has 1 fully saturated rings. The summed E-state index contributed by atoms with van der Waals surface area (Å²) in [4.78, 5) is 5.94. The fourth-order valence-corrected chi connectivity index (χ4v) is 3.23. The Hall–Kier alpha value is -1.72. The number of aromatic nitrogens is 1. The fraction of sp³-hybridized carbons (Fsp3) is 0.444. The molecule has 1 aliphatic rings. The second-order valence-electron chi connectivity index (χ2n) is 5.70. The lowest BCUT2D eigenvalue weighted by molar-refractivity contribution is 0.221. The molecule has 0 bridgehead atoms. The highest BCUT2D eigenvalue weighted by Gasteiger charge is 2.15. The molecule has 0 spiro atoms. The van der Waals surface area contributed by atoms with Crippen molar-refractivity contribution in [3.05, 3.63) is 35.0 Å². The number of H-pyrrole nitrogens is 1. The van der Waals surface area contributed by atoms with E-state index in [2.05, 4.69) is 40.8 Å². The second-order valence-corrected chi connectivity index (χ2v) is 5.70. The van der Waals surface area contributed by atoms with Crippen LogP contribution in [0.15, 0.2) is 18.3 Å². The Kier molecular flexibility index (Phi) is 3.80. The fourth-order valence-electron chi connectivity index (χ4n) is 3.23. The van der Waals surface area contributed by atoms with Crippen LogP contribution >= 0.6 is 0 Å². The number of fused-ring (bicyclic) bond motifs is 1. The number of benzene rings is 1. The predicted molar refractivity (Wildman–Crippen MR) is 84.7 cm³/mol. The molecule has 2 heteroatoms. The van der Waals surface area contributed by atoms with Gasteiger partial charge < -0.3 is 4.98 Å². The molecule has 3 rings (SSSR count). The maximum absolute atomic E-state index is 3.37. The zero-order valence-corrected chi connectivity index (χ0v) is 12.4. The molecule has 0 radical (unpaired) electrons. The van der Waals surface area contributed by atoms with Gasteiger partial charge in [-0.25, -0.2) is 0 Å². The summed E-state index contributed by atoms with van der Waals surface area (Å²) in [5.74, 6) is 6.36. The van der Waals surface area contributed by atoms with Gasteiger partial charge >= 0.3 is 0 Å². The van der Waals surface area contributed by atoms with E-state index in [4.69, 9.17) is 0 Å². The number of nitrogens with zero attached hydrogens (tertiary/aromatic N) is 1. The maximum atomic E-state index is 3.37.